The smallest absolute Gasteiger partial charge is 0.0205 e. The molecule has 2 rings (SSSR count). The van der Waals surface area contributed by atoms with Gasteiger partial charge in [0.15, 0.2) is 0 Å². The van der Waals surface area contributed by atoms with Gasteiger partial charge < -0.3 is 11.1 Å². The van der Waals surface area contributed by atoms with Crippen molar-refractivity contribution in [3.63, 3.8) is 0 Å². The van der Waals surface area contributed by atoms with Crippen LogP contribution in [0.2, 0.25) is 0 Å². The summed E-state index contributed by atoms with van der Waals surface area (Å²) in [5, 5.41) is 3.48. The van der Waals surface area contributed by atoms with Crippen LogP contribution in [0.3, 0.4) is 0 Å². The molecule has 0 aliphatic carbocycles. The highest BCUT2D eigenvalue weighted by molar-refractivity contribution is 5.26. The summed E-state index contributed by atoms with van der Waals surface area (Å²) in [7, 11) is 0. The lowest BCUT2D eigenvalue weighted by Crippen LogP contribution is -2.17. The molecule has 0 saturated carbocycles. The summed E-state index contributed by atoms with van der Waals surface area (Å²) in [6, 6.07) is 17.0. The van der Waals surface area contributed by atoms with Crippen molar-refractivity contribution < 1.29 is 0 Å². The fourth-order valence-electron chi connectivity index (χ4n) is 2.14. The molecule has 0 unspecified atom stereocenters. The van der Waals surface area contributed by atoms with Crippen molar-refractivity contribution in [2.75, 3.05) is 6.54 Å². The minimum Gasteiger partial charge on any atom is -0.326 e. The molecule has 0 aliphatic rings. The van der Waals surface area contributed by atoms with Crippen LogP contribution in [-0.4, -0.2) is 6.54 Å². The van der Waals surface area contributed by atoms with E-state index in [1.807, 2.05) is 0 Å². The highest BCUT2D eigenvalue weighted by Crippen LogP contribution is 2.07. The highest BCUT2D eigenvalue weighted by Gasteiger charge is 1.97. The Morgan fingerprint density at radius 3 is 2.32 bits per heavy atom. The van der Waals surface area contributed by atoms with Crippen molar-refractivity contribution in [3.05, 3.63) is 70.8 Å². The molecule has 0 bridgehead atoms. The molecule has 0 radical (unpaired) electrons. The van der Waals surface area contributed by atoms with E-state index in [1.54, 1.807) is 0 Å². The summed E-state index contributed by atoms with van der Waals surface area (Å²) in [5.41, 5.74) is 10.9. The molecule has 19 heavy (non-hydrogen) atoms. The maximum absolute atomic E-state index is 5.58. The molecule has 100 valence electrons. The Morgan fingerprint density at radius 2 is 1.63 bits per heavy atom. The van der Waals surface area contributed by atoms with Crippen molar-refractivity contribution in [2.24, 2.45) is 5.73 Å². The summed E-state index contributed by atoms with van der Waals surface area (Å²) in [4.78, 5) is 0. The first-order chi connectivity index (χ1) is 9.29. The lowest BCUT2D eigenvalue weighted by atomic mass is 10.1. The molecule has 0 saturated heterocycles. The molecular weight excluding hydrogens is 232 g/mol. The molecule has 0 fully saturated rings. The van der Waals surface area contributed by atoms with Gasteiger partial charge in [-0.3, -0.25) is 0 Å². The van der Waals surface area contributed by atoms with Gasteiger partial charge in [-0.2, -0.15) is 0 Å². The van der Waals surface area contributed by atoms with Gasteiger partial charge in [-0.25, -0.2) is 0 Å². The monoisotopic (exact) mass is 254 g/mol. The fourth-order valence-corrected chi connectivity index (χ4v) is 2.14. The molecular formula is C17H22N2. The predicted octanol–water partition coefficient (Wildman–Crippen LogP) is 2.79. The lowest BCUT2D eigenvalue weighted by Gasteiger charge is -2.08. The van der Waals surface area contributed by atoms with Crippen LogP contribution in [0.4, 0.5) is 0 Å². The normalized spacial score (nSPS) is 10.6. The average Bonchev–Trinajstić information content (AvgIpc) is 2.46. The molecule has 0 heterocycles. The minimum atomic E-state index is 0.612. The third-order valence-corrected chi connectivity index (χ3v) is 3.42. The zero-order valence-corrected chi connectivity index (χ0v) is 11.5. The molecule has 0 spiro atoms. The van der Waals surface area contributed by atoms with E-state index in [2.05, 4.69) is 60.8 Å². The van der Waals surface area contributed by atoms with Crippen LogP contribution in [-0.2, 0) is 19.5 Å². The van der Waals surface area contributed by atoms with Crippen LogP contribution in [0, 0.1) is 6.92 Å². The van der Waals surface area contributed by atoms with Crippen LogP contribution >= 0.6 is 0 Å². The van der Waals surface area contributed by atoms with Crippen molar-refractivity contribution in [2.45, 2.75) is 26.4 Å². The molecule has 2 heteroatoms. The van der Waals surface area contributed by atoms with Crippen molar-refractivity contribution in [1.82, 2.24) is 5.32 Å². The number of rotatable bonds is 6. The largest absolute Gasteiger partial charge is 0.326 e. The van der Waals surface area contributed by atoms with Crippen molar-refractivity contribution in [1.29, 1.82) is 0 Å². The van der Waals surface area contributed by atoms with E-state index < -0.39 is 0 Å². The first-order valence-electron chi connectivity index (χ1n) is 6.82. The maximum atomic E-state index is 5.58. The zero-order chi connectivity index (χ0) is 13.5. The number of nitrogens with two attached hydrogens (primary N) is 1. The molecule has 2 aromatic rings. The SMILES string of the molecule is Cc1ccccc1CCNCc1ccc(CN)cc1. The van der Waals surface area contributed by atoms with Crippen LogP contribution in [0.25, 0.3) is 0 Å². The predicted molar refractivity (Wildman–Crippen MR) is 80.9 cm³/mol. The average molecular weight is 254 g/mol. The van der Waals surface area contributed by atoms with Gasteiger partial charge >= 0.3 is 0 Å². The van der Waals surface area contributed by atoms with Crippen LogP contribution in [0.5, 0.6) is 0 Å². The van der Waals surface area contributed by atoms with Crippen molar-refractivity contribution >= 4 is 0 Å². The second-order valence-corrected chi connectivity index (χ2v) is 4.87. The number of hydrogen-bond acceptors (Lipinski definition) is 2. The van der Waals surface area contributed by atoms with Crippen LogP contribution < -0.4 is 11.1 Å². The number of hydrogen-bond donors (Lipinski definition) is 2. The van der Waals surface area contributed by atoms with Gasteiger partial charge in [0.1, 0.15) is 0 Å². The second-order valence-electron chi connectivity index (χ2n) is 4.87. The maximum Gasteiger partial charge on any atom is 0.0205 e. The van der Waals surface area contributed by atoms with E-state index in [0.29, 0.717) is 6.54 Å². The Bertz CT molecular complexity index is 503. The van der Waals surface area contributed by atoms with Crippen molar-refractivity contribution in [3.8, 4) is 0 Å². The van der Waals surface area contributed by atoms with E-state index in [-0.39, 0.29) is 0 Å². The third kappa shape index (κ3) is 4.19. The van der Waals surface area contributed by atoms with Gasteiger partial charge in [-0.1, -0.05) is 48.5 Å². The van der Waals surface area contributed by atoms with E-state index in [0.717, 1.165) is 19.5 Å². The number of aryl methyl sites for hydroxylation is 1. The molecule has 0 aromatic heterocycles. The van der Waals surface area contributed by atoms with Gasteiger partial charge in [0.25, 0.3) is 0 Å². The quantitative estimate of drug-likeness (QED) is 0.778. The molecule has 0 atom stereocenters. The Hall–Kier alpha value is -1.64. The molecule has 0 amide bonds. The van der Waals surface area contributed by atoms with Gasteiger partial charge in [0, 0.05) is 13.1 Å². The van der Waals surface area contributed by atoms with Crippen LogP contribution in [0.15, 0.2) is 48.5 Å². The molecule has 0 aliphatic heterocycles. The third-order valence-electron chi connectivity index (χ3n) is 3.42. The lowest BCUT2D eigenvalue weighted by molar-refractivity contribution is 0.685. The van der Waals surface area contributed by atoms with Gasteiger partial charge in [-0.15, -0.1) is 0 Å². The van der Waals surface area contributed by atoms with Gasteiger partial charge in [-0.05, 0) is 42.1 Å². The molecule has 2 nitrogen and oxygen atoms in total. The Morgan fingerprint density at radius 1 is 0.947 bits per heavy atom. The summed E-state index contributed by atoms with van der Waals surface area (Å²) >= 11 is 0. The first kappa shape index (κ1) is 13.8. The van der Waals surface area contributed by atoms with E-state index in [1.165, 1.54) is 22.3 Å². The van der Waals surface area contributed by atoms with Crippen LogP contribution in [0.1, 0.15) is 22.3 Å². The number of benzene rings is 2. The van der Waals surface area contributed by atoms with Gasteiger partial charge in [0.2, 0.25) is 0 Å². The van der Waals surface area contributed by atoms with Gasteiger partial charge in [0.05, 0.1) is 0 Å². The van der Waals surface area contributed by atoms with E-state index in [4.69, 9.17) is 5.73 Å². The Labute approximate surface area is 115 Å². The van der Waals surface area contributed by atoms with E-state index in [9.17, 15) is 0 Å². The zero-order valence-electron chi connectivity index (χ0n) is 11.5. The summed E-state index contributed by atoms with van der Waals surface area (Å²) in [6.07, 6.45) is 1.08. The highest BCUT2D eigenvalue weighted by atomic mass is 14.8. The Kier molecular flexibility index (Phi) is 5.13. The van der Waals surface area contributed by atoms with E-state index >= 15 is 0 Å². The summed E-state index contributed by atoms with van der Waals surface area (Å²) < 4.78 is 0. The second kappa shape index (κ2) is 7.07. The number of nitrogens with one attached hydrogen (secondary N) is 1. The molecule has 2 aromatic carbocycles. The summed E-state index contributed by atoms with van der Waals surface area (Å²) in [5.74, 6) is 0. The Balaban J connectivity index is 1.76. The minimum absolute atomic E-state index is 0.612. The fraction of sp³-hybridized carbons (Fsp3) is 0.294. The molecule has 3 N–H and O–H groups in total. The standard InChI is InChI=1S/C17H22N2/c1-14-4-2-3-5-17(14)10-11-19-13-16-8-6-15(12-18)7-9-16/h2-9,19H,10-13,18H2,1H3. The summed E-state index contributed by atoms with van der Waals surface area (Å²) in [6.45, 7) is 4.70. The first-order valence-corrected chi connectivity index (χ1v) is 6.82. The topological polar surface area (TPSA) is 38.0 Å².